The molecule has 1 aliphatic carbocycles. The van der Waals surface area contributed by atoms with Gasteiger partial charge >= 0.3 is 0 Å². The maximum atomic E-state index is 4.19. The van der Waals surface area contributed by atoms with Gasteiger partial charge in [-0.25, -0.2) is 0 Å². The number of aryl methyl sites for hydroxylation is 1. The average Bonchev–Trinajstić information content (AvgIpc) is 2.87. The molecule has 1 saturated carbocycles. The Hall–Kier alpha value is -0.830. The molecule has 0 saturated heterocycles. The zero-order valence-corrected chi connectivity index (χ0v) is 9.03. The maximum absolute atomic E-state index is 4.19. The van der Waals surface area contributed by atoms with Crippen LogP contribution in [0.15, 0.2) is 12.4 Å². The van der Waals surface area contributed by atoms with Crippen molar-refractivity contribution in [3.63, 3.8) is 0 Å². The zero-order chi connectivity index (χ0) is 9.97. The summed E-state index contributed by atoms with van der Waals surface area (Å²) in [5.74, 6) is 0.620. The molecule has 2 rings (SSSR count). The van der Waals surface area contributed by atoms with Crippen LogP contribution in [0.25, 0.3) is 0 Å². The Balaban J connectivity index is 1.73. The van der Waals surface area contributed by atoms with Crippen LogP contribution in [0.3, 0.4) is 0 Å². The van der Waals surface area contributed by atoms with Crippen molar-refractivity contribution in [3.05, 3.63) is 18.0 Å². The molecule has 0 bridgehead atoms. The van der Waals surface area contributed by atoms with Gasteiger partial charge in [0.25, 0.3) is 0 Å². The molecule has 1 heterocycles. The average molecular weight is 193 g/mol. The Kier molecular flexibility index (Phi) is 2.87. The minimum absolute atomic E-state index is 0.620. The number of hydrogen-bond donors (Lipinski definition) is 1. The summed E-state index contributed by atoms with van der Waals surface area (Å²) in [7, 11) is 1.97. The first-order valence-electron chi connectivity index (χ1n) is 5.47. The van der Waals surface area contributed by atoms with Crippen molar-refractivity contribution in [2.75, 3.05) is 6.54 Å². The van der Waals surface area contributed by atoms with Crippen LogP contribution >= 0.6 is 0 Å². The van der Waals surface area contributed by atoms with Crippen LogP contribution < -0.4 is 5.32 Å². The summed E-state index contributed by atoms with van der Waals surface area (Å²) in [5, 5.41) is 7.73. The molecule has 1 aliphatic rings. The minimum Gasteiger partial charge on any atom is -0.314 e. The van der Waals surface area contributed by atoms with Gasteiger partial charge in [-0.15, -0.1) is 0 Å². The van der Waals surface area contributed by atoms with E-state index in [2.05, 4.69) is 23.5 Å². The lowest BCUT2D eigenvalue weighted by Crippen LogP contribution is -2.18. The van der Waals surface area contributed by atoms with Crippen LogP contribution in [0.5, 0.6) is 0 Å². The van der Waals surface area contributed by atoms with Gasteiger partial charge in [0.2, 0.25) is 0 Å². The van der Waals surface area contributed by atoms with E-state index < -0.39 is 0 Å². The highest BCUT2D eigenvalue weighted by Crippen LogP contribution is 2.21. The monoisotopic (exact) mass is 193 g/mol. The number of aromatic nitrogens is 2. The number of nitrogens with one attached hydrogen (secondary N) is 1. The van der Waals surface area contributed by atoms with E-state index in [-0.39, 0.29) is 0 Å². The molecule has 1 unspecified atom stereocenters. The summed E-state index contributed by atoms with van der Waals surface area (Å²) >= 11 is 0. The second-order valence-electron chi connectivity index (χ2n) is 4.37. The molecule has 0 aromatic carbocycles. The van der Waals surface area contributed by atoms with E-state index in [1.807, 2.05) is 17.9 Å². The molecular formula is C11H19N3. The summed E-state index contributed by atoms with van der Waals surface area (Å²) < 4.78 is 1.88. The fourth-order valence-electron chi connectivity index (χ4n) is 1.65. The Morgan fingerprint density at radius 2 is 2.43 bits per heavy atom. The first-order valence-corrected chi connectivity index (χ1v) is 5.47. The van der Waals surface area contributed by atoms with Gasteiger partial charge in [-0.3, -0.25) is 4.68 Å². The molecule has 78 valence electrons. The molecule has 3 heteroatoms. The van der Waals surface area contributed by atoms with Crippen LogP contribution in [-0.2, 0) is 7.05 Å². The summed E-state index contributed by atoms with van der Waals surface area (Å²) in [6.45, 7) is 3.41. The first-order chi connectivity index (χ1) is 6.75. The zero-order valence-electron chi connectivity index (χ0n) is 9.03. The van der Waals surface area contributed by atoms with E-state index in [0.717, 1.165) is 12.6 Å². The van der Waals surface area contributed by atoms with Gasteiger partial charge < -0.3 is 5.32 Å². The van der Waals surface area contributed by atoms with Crippen molar-refractivity contribution in [1.82, 2.24) is 15.1 Å². The number of nitrogens with zero attached hydrogens (tertiary/aromatic N) is 2. The van der Waals surface area contributed by atoms with Gasteiger partial charge in [0.15, 0.2) is 0 Å². The molecule has 1 aromatic rings. The van der Waals surface area contributed by atoms with Crippen molar-refractivity contribution in [1.29, 1.82) is 0 Å². The van der Waals surface area contributed by atoms with Crippen LogP contribution in [0.4, 0.5) is 0 Å². The quantitative estimate of drug-likeness (QED) is 0.771. The van der Waals surface area contributed by atoms with Crippen molar-refractivity contribution >= 4 is 0 Å². The Labute approximate surface area is 85.5 Å². The second-order valence-corrected chi connectivity index (χ2v) is 4.37. The molecule has 1 atom stereocenters. The lowest BCUT2D eigenvalue weighted by Gasteiger charge is -2.09. The topological polar surface area (TPSA) is 29.9 Å². The second kappa shape index (κ2) is 4.13. The summed E-state index contributed by atoms with van der Waals surface area (Å²) in [5.41, 5.74) is 1.35. The van der Waals surface area contributed by atoms with Crippen molar-refractivity contribution in [2.24, 2.45) is 7.05 Å². The van der Waals surface area contributed by atoms with Gasteiger partial charge in [0.1, 0.15) is 0 Å². The molecular weight excluding hydrogens is 174 g/mol. The molecule has 14 heavy (non-hydrogen) atoms. The highest BCUT2D eigenvalue weighted by atomic mass is 15.2. The first kappa shape index (κ1) is 9.71. The Bertz CT molecular complexity index is 288. The lowest BCUT2D eigenvalue weighted by atomic mass is 10.0. The van der Waals surface area contributed by atoms with Gasteiger partial charge in [0.05, 0.1) is 6.20 Å². The molecule has 0 aliphatic heterocycles. The van der Waals surface area contributed by atoms with Crippen molar-refractivity contribution in [2.45, 2.75) is 38.1 Å². The fourth-order valence-corrected chi connectivity index (χ4v) is 1.65. The van der Waals surface area contributed by atoms with Crippen molar-refractivity contribution < 1.29 is 0 Å². The third-order valence-corrected chi connectivity index (χ3v) is 2.88. The van der Waals surface area contributed by atoms with Gasteiger partial charge in [-0.05, 0) is 37.3 Å². The molecule has 1 N–H and O–H groups in total. The highest BCUT2D eigenvalue weighted by molar-refractivity contribution is 5.09. The smallest absolute Gasteiger partial charge is 0.0524 e. The van der Waals surface area contributed by atoms with Crippen LogP contribution in [0.2, 0.25) is 0 Å². The van der Waals surface area contributed by atoms with Gasteiger partial charge in [-0.1, -0.05) is 6.92 Å². The molecule has 0 radical (unpaired) electrons. The summed E-state index contributed by atoms with van der Waals surface area (Å²) in [4.78, 5) is 0. The standard InChI is InChI=1S/C11H19N3/c1-9(5-6-12-11-3-4-11)10-7-13-14(2)8-10/h7-9,11-12H,3-6H2,1-2H3. The van der Waals surface area contributed by atoms with Crippen LogP contribution in [-0.4, -0.2) is 22.4 Å². The molecule has 1 fully saturated rings. The molecule has 1 aromatic heterocycles. The predicted octanol–water partition coefficient (Wildman–Crippen LogP) is 1.67. The Morgan fingerprint density at radius 3 is 3.00 bits per heavy atom. The maximum Gasteiger partial charge on any atom is 0.0524 e. The Morgan fingerprint density at radius 1 is 1.64 bits per heavy atom. The third kappa shape index (κ3) is 2.58. The van der Waals surface area contributed by atoms with E-state index in [9.17, 15) is 0 Å². The van der Waals surface area contributed by atoms with E-state index >= 15 is 0 Å². The molecule has 0 spiro atoms. The van der Waals surface area contributed by atoms with E-state index in [1.54, 1.807) is 0 Å². The largest absolute Gasteiger partial charge is 0.314 e. The summed E-state index contributed by atoms with van der Waals surface area (Å²) in [6.07, 6.45) is 8.05. The minimum atomic E-state index is 0.620. The highest BCUT2D eigenvalue weighted by Gasteiger charge is 2.20. The van der Waals surface area contributed by atoms with Gasteiger partial charge in [0, 0.05) is 19.3 Å². The fraction of sp³-hybridized carbons (Fsp3) is 0.727. The third-order valence-electron chi connectivity index (χ3n) is 2.88. The number of rotatable bonds is 5. The van der Waals surface area contributed by atoms with Crippen LogP contribution in [0, 0.1) is 0 Å². The number of hydrogen-bond acceptors (Lipinski definition) is 2. The predicted molar refractivity (Wildman–Crippen MR) is 57.3 cm³/mol. The van der Waals surface area contributed by atoms with Gasteiger partial charge in [-0.2, -0.15) is 5.10 Å². The lowest BCUT2D eigenvalue weighted by molar-refractivity contribution is 0.591. The van der Waals surface area contributed by atoms with Crippen molar-refractivity contribution in [3.8, 4) is 0 Å². The SMILES string of the molecule is CC(CCNC1CC1)c1cnn(C)c1. The van der Waals surface area contributed by atoms with E-state index in [1.165, 1.54) is 24.8 Å². The van der Waals surface area contributed by atoms with Crippen LogP contribution in [0.1, 0.15) is 37.7 Å². The molecule has 3 nitrogen and oxygen atoms in total. The normalized spacial score (nSPS) is 18.4. The van der Waals surface area contributed by atoms with E-state index in [4.69, 9.17) is 0 Å². The van der Waals surface area contributed by atoms with E-state index in [0.29, 0.717) is 5.92 Å². The summed E-state index contributed by atoms with van der Waals surface area (Å²) in [6, 6.07) is 0.830. The molecule has 0 amide bonds.